The number of halogens is 1. The van der Waals surface area contributed by atoms with E-state index in [0.29, 0.717) is 18.2 Å². The number of hydrogen-bond donors (Lipinski definition) is 2. The Morgan fingerprint density at radius 2 is 1.77 bits per heavy atom. The zero-order valence-electron chi connectivity index (χ0n) is 14.6. The van der Waals surface area contributed by atoms with E-state index in [-0.39, 0.29) is 11.4 Å². The molecule has 1 amide bonds. The number of rotatable bonds is 5. The minimum Gasteiger partial charge on any atom is -0.350 e. The van der Waals surface area contributed by atoms with E-state index in [9.17, 15) is 9.18 Å². The van der Waals surface area contributed by atoms with Crippen molar-refractivity contribution in [2.45, 2.75) is 20.4 Å². The van der Waals surface area contributed by atoms with Crippen LogP contribution in [0.3, 0.4) is 0 Å². The number of nitrogens with zero attached hydrogens (tertiary/aromatic N) is 2. The van der Waals surface area contributed by atoms with Crippen LogP contribution in [0.1, 0.15) is 27.3 Å². The topological polar surface area (TPSA) is 66.9 Å². The average molecular weight is 350 g/mol. The Balaban J connectivity index is 1.76. The second-order valence-corrected chi connectivity index (χ2v) is 5.93. The number of carbonyl (C=O) groups is 1. The third-order valence-corrected chi connectivity index (χ3v) is 3.91. The van der Waals surface area contributed by atoms with Gasteiger partial charge in [-0.15, -0.1) is 0 Å². The standard InChI is InChI=1S/C20H19FN4O/c1-13-7-3-4-8-15(13)12-22-20-23-14(2)11-18(25-20)19(26)24-17-10-6-5-9-16(17)21/h3-11H,12H2,1-2H3,(H,24,26)(H,22,23,25). The molecule has 0 atom stereocenters. The summed E-state index contributed by atoms with van der Waals surface area (Å²) in [5.74, 6) is -0.629. The molecule has 3 aromatic rings. The summed E-state index contributed by atoms with van der Waals surface area (Å²) in [5, 5.41) is 5.67. The van der Waals surface area contributed by atoms with Crippen LogP contribution in [0.25, 0.3) is 0 Å². The number of aryl methyl sites for hydroxylation is 2. The molecule has 2 aromatic carbocycles. The first-order chi connectivity index (χ1) is 12.5. The lowest BCUT2D eigenvalue weighted by molar-refractivity contribution is 0.102. The number of nitrogens with one attached hydrogen (secondary N) is 2. The number of benzene rings is 2. The minimum absolute atomic E-state index is 0.114. The number of aromatic nitrogens is 2. The Bertz CT molecular complexity index is 943. The molecule has 0 radical (unpaired) electrons. The molecule has 5 nitrogen and oxygen atoms in total. The van der Waals surface area contributed by atoms with Gasteiger partial charge in [-0.1, -0.05) is 36.4 Å². The average Bonchev–Trinajstić information content (AvgIpc) is 2.62. The summed E-state index contributed by atoms with van der Waals surface area (Å²) >= 11 is 0. The lowest BCUT2D eigenvalue weighted by atomic mass is 10.1. The van der Waals surface area contributed by atoms with Crippen molar-refractivity contribution in [2.24, 2.45) is 0 Å². The Hall–Kier alpha value is -3.28. The molecule has 1 heterocycles. The van der Waals surface area contributed by atoms with Crippen LogP contribution in [-0.2, 0) is 6.54 Å². The van der Waals surface area contributed by atoms with Gasteiger partial charge in [0, 0.05) is 12.2 Å². The van der Waals surface area contributed by atoms with Gasteiger partial charge in [-0.05, 0) is 43.2 Å². The van der Waals surface area contributed by atoms with Gasteiger partial charge >= 0.3 is 0 Å². The highest BCUT2D eigenvalue weighted by molar-refractivity contribution is 6.03. The predicted molar refractivity (Wildman–Crippen MR) is 99.6 cm³/mol. The van der Waals surface area contributed by atoms with Crippen molar-refractivity contribution >= 4 is 17.5 Å². The van der Waals surface area contributed by atoms with Crippen molar-refractivity contribution in [2.75, 3.05) is 10.6 Å². The van der Waals surface area contributed by atoms with Crippen LogP contribution in [-0.4, -0.2) is 15.9 Å². The molecular weight excluding hydrogens is 331 g/mol. The zero-order chi connectivity index (χ0) is 18.5. The maximum atomic E-state index is 13.7. The van der Waals surface area contributed by atoms with E-state index < -0.39 is 11.7 Å². The molecule has 0 unspecified atom stereocenters. The van der Waals surface area contributed by atoms with Crippen LogP contribution in [0.2, 0.25) is 0 Å². The molecule has 0 saturated heterocycles. The number of anilines is 2. The summed E-state index contributed by atoms with van der Waals surface area (Å²) in [6.07, 6.45) is 0. The van der Waals surface area contributed by atoms with E-state index in [1.165, 1.54) is 12.1 Å². The highest BCUT2D eigenvalue weighted by Crippen LogP contribution is 2.15. The highest BCUT2D eigenvalue weighted by Gasteiger charge is 2.13. The third kappa shape index (κ3) is 4.22. The third-order valence-electron chi connectivity index (χ3n) is 3.91. The van der Waals surface area contributed by atoms with E-state index in [4.69, 9.17) is 0 Å². The first-order valence-corrected chi connectivity index (χ1v) is 8.23. The predicted octanol–water partition coefficient (Wildman–Crippen LogP) is 4.10. The summed E-state index contributed by atoms with van der Waals surface area (Å²) in [6.45, 7) is 4.35. The fourth-order valence-electron chi connectivity index (χ4n) is 2.50. The first kappa shape index (κ1) is 17.5. The van der Waals surface area contributed by atoms with E-state index >= 15 is 0 Å². The van der Waals surface area contributed by atoms with Gasteiger partial charge in [0.15, 0.2) is 0 Å². The van der Waals surface area contributed by atoms with Crippen LogP contribution < -0.4 is 10.6 Å². The summed E-state index contributed by atoms with van der Waals surface area (Å²) < 4.78 is 13.7. The Morgan fingerprint density at radius 3 is 2.54 bits per heavy atom. The Morgan fingerprint density at radius 1 is 1.04 bits per heavy atom. The van der Waals surface area contributed by atoms with Crippen molar-refractivity contribution in [3.05, 3.63) is 82.9 Å². The second-order valence-electron chi connectivity index (χ2n) is 5.93. The summed E-state index contributed by atoms with van der Waals surface area (Å²) in [4.78, 5) is 21.0. The monoisotopic (exact) mass is 350 g/mol. The van der Waals surface area contributed by atoms with Crippen LogP contribution in [0.15, 0.2) is 54.6 Å². The van der Waals surface area contributed by atoms with Gasteiger partial charge in [-0.25, -0.2) is 14.4 Å². The van der Waals surface area contributed by atoms with Gasteiger partial charge in [-0.2, -0.15) is 0 Å². The van der Waals surface area contributed by atoms with Gasteiger partial charge in [0.05, 0.1) is 5.69 Å². The lowest BCUT2D eigenvalue weighted by Gasteiger charge is -2.10. The molecule has 2 N–H and O–H groups in total. The van der Waals surface area contributed by atoms with Gasteiger partial charge in [0.25, 0.3) is 5.91 Å². The Kier molecular flexibility index (Phi) is 5.22. The molecule has 132 valence electrons. The molecule has 3 rings (SSSR count). The summed E-state index contributed by atoms with van der Waals surface area (Å²) in [6, 6.07) is 15.6. The zero-order valence-corrected chi connectivity index (χ0v) is 14.6. The SMILES string of the molecule is Cc1cc(C(=O)Nc2ccccc2F)nc(NCc2ccccc2C)n1. The van der Waals surface area contributed by atoms with Crippen molar-refractivity contribution in [1.82, 2.24) is 9.97 Å². The maximum Gasteiger partial charge on any atom is 0.274 e. The fourth-order valence-corrected chi connectivity index (χ4v) is 2.50. The molecule has 0 aliphatic carbocycles. The van der Waals surface area contributed by atoms with Crippen molar-refractivity contribution in [3.63, 3.8) is 0 Å². The van der Waals surface area contributed by atoms with Crippen molar-refractivity contribution < 1.29 is 9.18 Å². The normalized spacial score (nSPS) is 10.4. The minimum atomic E-state index is -0.496. The molecular formula is C20H19FN4O. The molecule has 0 saturated carbocycles. The first-order valence-electron chi connectivity index (χ1n) is 8.23. The second kappa shape index (κ2) is 7.74. The van der Waals surface area contributed by atoms with Crippen LogP contribution >= 0.6 is 0 Å². The van der Waals surface area contributed by atoms with Gasteiger partial charge in [0.2, 0.25) is 5.95 Å². The molecule has 0 bridgehead atoms. The number of carbonyl (C=O) groups excluding carboxylic acids is 1. The van der Waals surface area contributed by atoms with E-state index in [1.54, 1.807) is 25.1 Å². The van der Waals surface area contributed by atoms with Crippen molar-refractivity contribution in [3.8, 4) is 0 Å². The Labute approximate surface area is 151 Å². The quantitative estimate of drug-likeness (QED) is 0.727. The van der Waals surface area contributed by atoms with Crippen LogP contribution in [0.5, 0.6) is 0 Å². The largest absolute Gasteiger partial charge is 0.350 e. The van der Waals surface area contributed by atoms with Gasteiger partial charge in [-0.3, -0.25) is 4.79 Å². The summed E-state index contributed by atoms with van der Waals surface area (Å²) in [5.41, 5.74) is 3.21. The van der Waals surface area contributed by atoms with E-state index in [0.717, 1.165) is 11.1 Å². The number of hydrogen-bond acceptors (Lipinski definition) is 4. The van der Waals surface area contributed by atoms with Gasteiger partial charge < -0.3 is 10.6 Å². The lowest BCUT2D eigenvalue weighted by Crippen LogP contribution is -2.17. The molecule has 6 heteroatoms. The molecule has 0 fully saturated rings. The number of para-hydroxylation sites is 1. The highest BCUT2D eigenvalue weighted by atomic mass is 19.1. The van der Waals surface area contributed by atoms with E-state index in [2.05, 4.69) is 20.6 Å². The van der Waals surface area contributed by atoms with Crippen LogP contribution in [0.4, 0.5) is 16.0 Å². The summed E-state index contributed by atoms with van der Waals surface area (Å²) in [7, 11) is 0. The molecule has 0 aliphatic rings. The smallest absolute Gasteiger partial charge is 0.274 e. The maximum absolute atomic E-state index is 13.7. The molecule has 1 aromatic heterocycles. The van der Waals surface area contributed by atoms with Crippen LogP contribution in [0, 0.1) is 19.7 Å². The van der Waals surface area contributed by atoms with Gasteiger partial charge in [0.1, 0.15) is 11.5 Å². The van der Waals surface area contributed by atoms with E-state index in [1.807, 2.05) is 31.2 Å². The fraction of sp³-hybridized carbons (Fsp3) is 0.150. The molecule has 0 spiro atoms. The van der Waals surface area contributed by atoms with Crippen molar-refractivity contribution in [1.29, 1.82) is 0 Å². The molecule has 26 heavy (non-hydrogen) atoms. The number of amides is 1. The molecule has 0 aliphatic heterocycles.